The fraction of sp³-hybridized carbons (Fsp3) is 0.636. The van der Waals surface area contributed by atoms with Gasteiger partial charge in [-0.05, 0) is 13.8 Å². The average Bonchev–Trinajstić information content (AvgIpc) is 2.15. The molecule has 0 aliphatic carbocycles. The van der Waals surface area contributed by atoms with Gasteiger partial charge in [-0.2, -0.15) is 0 Å². The van der Waals surface area contributed by atoms with Gasteiger partial charge in [0.15, 0.2) is 5.78 Å². The second kappa shape index (κ2) is 6.78. The van der Waals surface area contributed by atoms with Crippen molar-refractivity contribution in [2.45, 2.75) is 33.2 Å². The molecule has 0 saturated carbocycles. The molecular formula is C11H18N2O4. The Morgan fingerprint density at radius 1 is 1.12 bits per heavy atom. The van der Waals surface area contributed by atoms with Crippen LogP contribution in [0.3, 0.4) is 0 Å². The van der Waals surface area contributed by atoms with E-state index in [1.807, 2.05) is 0 Å². The molecule has 0 spiro atoms. The van der Waals surface area contributed by atoms with Crippen LogP contribution < -0.4 is 5.32 Å². The lowest BCUT2D eigenvalue weighted by Crippen LogP contribution is -2.45. The number of nitrogens with one attached hydrogen (secondary N) is 1. The molecule has 1 N–H and O–H groups in total. The van der Waals surface area contributed by atoms with Crippen LogP contribution in [0.4, 0.5) is 0 Å². The summed E-state index contributed by atoms with van der Waals surface area (Å²) in [6, 6.07) is -0.805. The average molecular weight is 242 g/mol. The number of hydrogen-bond donors (Lipinski definition) is 1. The second-order valence-electron chi connectivity index (χ2n) is 4.01. The van der Waals surface area contributed by atoms with Crippen molar-refractivity contribution >= 4 is 23.4 Å². The summed E-state index contributed by atoms with van der Waals surface area (Å²) < 4.78 is 0. The highest BCUT2D eigenvalue weighted by Crippen LogP contribution is 1.96. The lowest BCUT2D eigenvalue weighted by atomic mass is 10.1. The van der Waals surface area contributed by atoms with Gasteiger partial charge in [-0.15, -0.1) is 0 Å². The van der Waals surface area contributed by atoms with Gasteiger partial charge in [0, 0.05) is 20.4 Å². The molecule has 0 aliphatic heterocycles. The Hall–Kier alpha value is -1.72. The molecule has 0 radical (unpaired) electrons. The maximum Gasteiger partial charge on any atom is 0.240 e. The summed E-state index contributed by atoms with van der Waals surface area (Å²) in [5.74, 6) is -1.15. The molecule has 0 aromatic heterocycles. The van der Waals surface area contributed by atoms with E-state index in [4.69, 9.17) is 0 Å². The first kappa shape index (κ1) is 15.3. The second-order valence-corrected chi connectivity index (χ2v) is 4.01. The minimum atomic E-state index is -0.805. The summed E-state index contributed by atoms with van der Waals surface area (Å²) >= 11 is 0. The van der Waals surface area contributed by atoms with Crippen LogP contribution in [0.2, 0.25) is 0 Å². The Labute approximate surface area is 100 Å². The topological polar surface area (TPSA) is 83.6 Å². The van der Waals surface area contributed by atoms with E-state index in [1.54, 1.807) is 0 Å². The molecular weight excluding hydrogens is 224 g/mol. The summed E-state index contributed by atoms with van der Waals surface area (Å²) in [5.41, 5.74) is 0. The highest BCUT2D eigenvalue weighted by molar-refractivity contribution is 5.93. The van der Waals surface area contributed by atoms with Gasteiger partial charge in [-0.25, -0.2) is 0 Å². The predicted octanol–water partition coefficient (Wildman–Crippen LogP) is -0.482. The number of likely N-dealkylation sites (N-methyl/N-ethyl adjacent to an activating group) is 1. The van der Waals surface area contributed by atoms with Crippen LogP contribution >= 0.6 is 0 Å². The van der Waals surface area contributed by atoms with Gasteiger partial charge in [0.25, 0.3) is 0 Å². The standard InChI is InChI=1S/C11H18N2O4/c1-7(14)5-10(8(2)15)12-11(17)6-13(4)9(3)16/h10H,5-6H2,1-4H3,(H,12,17). The summed E-state index contributed by atoms with van der Waals surface area (Å²) in [4.78, 5) is 45.7. The molecule has 0 rings (SSSR count). The molecule has 6 heteroatoms. The molecule has 0 aromatic carbocycles. The summed E-state index contributed by atoms with van der Waals surface area (Å²) in [5, 5.41) is 2.43. The number of carbonyl (C=O) groups excluding carboxylic acids is 4. The van der Waals surface area contributed by atoms with Crippen LogP contribution in [0.15, 0.2) is 0 Å². The molecule has 96 valence electrons. The molecule has 0 saturated heterocycles. The third kappa shape index (κ3) is 6.44. The lowest BCUT2D eigenvalue weighted by Gasteiger charge is -2.18. The van der Waals surface area contributed by atoms with Crippen LogP contribution in [-0.4, -0.2) is 47.9 Å². The van der Waals surface area contributed by atoms with Gasteiger partial charge in [0.05, 0.1) is 12.6 Å². The summed E-state index contributed by atoms with van der Waals surface area (Å²) in [6.07, 6.45) is -0.0230. The van der Waals surface area contributed by atoms with Crippen molar-refractivity contribution in [3.63, 3.8) is 0 Å². The van der Waals surface area contributed by atoms with Crippen LogP contribution in [0.25, 0.3) is 0 Å². The Bertz CT molecular complexity index is 338. The number of ketones is 2. The predicted molar refractivity (Wildman–Crippen MR) is 61.2 cm³/mol. The van der Waals surface area contributed by atoms with Crippen LogP contribution in [0, 0.1) is 0 Å². The number of carbonyl (C=O) groups is 4. The first-order valence-corrected chi connectivity index (χ1v) is 5.25. The molecule has 2 amide bonds. The maximum atomic E-state index is 11.5. The van der Waals surface area contributed by atoms with Crippen molar-refractivity contribution in [1.29, 1.82) is 0 Å². The fourth-order valence-electron chi connectivity index (χ4n) is 1.15. The van der Waals surface area contributed by atoms with Gasteiger partial charge in [0.2, 0.25) is 11.8 Å². The van der Waals surface area contributed by atoms with E-state index in [9.17, 15) is 19.2 Å². The van der Waals surface area contributed by atoms with E-state index < -0.39 is 11.9 Å². The first-order chi connectivity index (χ1) is 7.73. The molecule has 0 aromatic rings. The Kier molecular flexibility index (Phi) is 6.09. The lowest BCUT2D eigenvalue weighted by molar-refractivity contribution is -0.134. The number of Topliss-reactive ketones (excluding diaryl/α,β-unsaturated/α-hetero) is 2. The van der Waals surface area contributed by atoms with Gasteiger partial charge in [0.1, 0.15) is 5.78 Å². The third-order valence-corrected chi connectivity index (χ3v) is 2.24. The monoisotopic (exact) mass is 242 g/mol. The van der Waals surface area contributed by atoms with Crippen molar-refractivity contribution in [2.24, 2.45) is 0 Å². The van der Waals surface area contributed by atoms with E-state index >= 15 is 0 Å². The van der Waals surface area contributed by atoms with Crippen molar-refractivity contribution in [3.8, 4) is 0 Å². The highest BCUT2D eigenvalue weighted by atomic mass is 16.2. The van der Waals surface area contributed by atoms with E-state index in [0.717, 1.165) is 0 Å². The maximum absolute atomic E-state index is 11.5. The van der Waals surface area contributed by atoms with Crippen LogP contribution in [0.5, 0.6) is 0 Å². The Morgan fingerprint density at radius 2 is 1.65 bits per heavy atom. The number of hydrogen-bond acceptors (Lipinski definition) is 4. The van der Waals surface area contributed by atoms with E-state index in [1.165, 1.54) is 32.7 Å². The van der Waals surface area contributed by atoms with E-state index in [0.29, 0.717) is 0 Å². The molecule has 1 atom stereocenters. The third-order valence-electron chi connectivity index (χ3n) is 2.24. The summed E-state index contributed by atoms with van der Waals surface area (Å²) in [7, 11) is 1.48. The quantitative estimate of drug-likeness (QED) is 0.681. The largest absolute Gasteiger partial charge is 0.344 e. The number of nitrogens with zero attached hydrogens (tertiary/aromatic N) is 1. The number of rotatable bonds is 6. The van der Waals surface area contributed by atoms with Crippen molar-refractivity contribution in [1.82, 2.24) is 10.2 Å². The number of amides is 2. The Morgan fingerprint density at radius 3 is 2.00 bits per heavy atom. The van der Waals surface area contributed by atoms with Gasteiger partial charge < -0.3 is 10.2 Å². The molecule has 0 heterocycles. The normalized spacial score (nSPS) is 11.5. The summed E-state index contributed by atoms with van der Waals surface area (Å²) in [6.45, 7) is 3.87. The van der Waals surface area contributed by atoms with E-state index in [2.05, 4.69) is 5.32 Å². The van der Waals surface area contributed by atoms with Crippen LogP contribution in [-0.2, 0) is 19.2 Å². The van der Waals surface area contributed by atoms with Crippen LogP contribution in [0.1, 0.15) is 27.2 Å². The van der Waals surface area contributed by atoms with Crippen molar-refractivity contribution < 1.29 is 19.2 Å². The Balaban J connectivity index is 4.36. The van der Waals surface area contributed by atoms with E-state index in [-0.39, 0.29) is 30.4 Å². The molecule has 6 nitrogen and oxygen atoms in total. The van der Waals surface area contributed by atoms with Gasteiger partial charge >= 0.3 is 0 Å². The molecule has 1 unspecified atom stereocenters. The minimum Gasteiger partial charge on any atom is -0.344 e. The smallest absolute Gasteiger partial charge is 0.240 e. The zero-order valence-electron chi connectivity index (χ0n) is 10.6. The zero-order valence-corrected chi connectivity index (χ0v) is 10.6. The molecule has 0 bridgehead atoms. The molecule has 0 aliphatic rings. The molecule has 17 heavy (non-hydrogen) atoms. The minimum absolute atomic E-state index is 0.0230. The van der Waals surface area contributed by atoms with Crippen molar-refractivity contribution in [3.05, 3.63) is 0 Å². The van der Waals surface area contributed by atoms with Crippen molar-refractivity contribution in [2.75, 3.05) is 13.6 Å². The van der Waals surface area contributed by atoms with Gasteiger partial charge in [-0.1, -0.05) is 0 Å². The highest BCUT2D eigenvalue weighted by Gasteiger charge is 2.19. The fourth-order valence-corrected chi connectivity index (χ4v) is 1.15. The van der Waals surface area contributed by atoms with Gasteiger partial charge in [-0.3, -0.25) is 19.2 Å². The zero-order chi connectivity index (χ0) is 13.6. The SMILES string of the molecule is CC(=O)CC(NC(=O)CN(C)C(C)=O)C(C)=O. The molecule has 0 fully saturated rings. The first-order valence-electron chi connectivity index (χ1n) is 5.25.